The van der Waals surface area contributed by atoms with Gasteiger partial charge in [-0.25, -0.2) is 9.37 Å². The molecule has 0 fully saturated rings. The van der Waals surface area contributed by atoms with Gasteiger partial charge < -0.3 is 4.90 Å². The lowest BCUT2D eigenvalue weighted by Gasteiger charge is -2.20. The molecule has 0 aliphatic heterocycles. The van der Waals surface area contributed by atoms with E-state index in [-0.39, 0.29) is 16.6 Å². The average Bonchev–Trinajstić information content (AvgIpc) is 2.83. The Morgan fingerprint density at radius 3 is 2.90 bits per heavy atom. The Bertz CT molecular complexity index is 635. The van der Waals surface area contributed by atoms with Crippen molar-refractivity contribution >= 4 is 44.8 Å². The number of pyridine rings is 1. The second kappa shape index (κ2) is 6.65. The lowest BCUT2D eigenvalue weighted by atomic mass is 10.2. The minimum absolute atomic E-state index is 0.0159. The minimum Gasteiger partial charge on any atom is -0.334 e. The SMILES string of the molecule is CCN(Cc1ccc(Br)s1)C(=O)c1cc(F)cnc1Cl. The molecule has 0 N–H and O–H groups in total. The zero-order chi connectivity index (χ0) is 14.7. The number of carbonyl (C=O) groups excluding carboxylic acids is 1. The van der Waals surface area contributed by atoms with Gasteiger partial charge in [-0.2, -0.15) is 0 Å². The van der Waals surface area contributed by atoms with Gasteiger partial charge in [-0.15, -0.1) is 11.3 Å². The maximum absolute atomic E-state index is 13.2. The number of hydrogen-bond donors (Lipinski definition) is 0. The number of halogens is 3. The van der Waals surface area contributed by atoms with E-state index in [1.54, 1.807) is 16.2 Å². The zero-order valence-corrected chi connectivity index (χ0v) is 13.7. The number of hydrogen-bond acceptors (Lipinski definition) is 3. The predicted octanol–water partition coefficient (Wildman–Crippen LogP) is 4.36. The Balaban J connectivity index is 2.22. The molecule has 3 nitrogen and oxygen atoms in total. The van der Waals surface area contributed by atoms with Crippen LogP contribution in [0.4, 0.5) is 4.39 Å². The van der Waals surface area contributed by atoms with E-state index in [1.807, 2.05) is 19.1 Å². The van der Waals surface area contributed by atoms with Crippen LogP contribution in [0.15, 0.2) is 28.2 Å². The van der Waals surface area contributed by atoms with Gasteiger partial charge in [0.1, 0.15) is 11.0 Å². The van der Waals surface area contributed by atoms with Crippen LogP contribution in [0.2, 0.25) is 5.15 Å². The molecule has 0 spiro atoms. The fourth-order valence-electron chi connectivity index (χ4n) is 1.69. The van der Waals surface area contributed by atoms with E-state index in [0.29, 0.717) is 13.1 Å². The number of carbonyl (C=O) groups is 1. The van der Waals surface area contributed by atoms with Crippen LogP contribution in [0, 0.1) is 5.82 Å². The summed E-state index contributed by atoms with van der Waals surface area (Å²) in [7, 11) is 0. The third kappa shape index (κ3) is 3.56. The quantitative estimate of drug-likeness (QED) is 0.742. The summed E-state index contributed by atoms with van der Waals surface area (Å²) in [6.07, 6.45) is 0.992. The normalized spacial score (nSPS) is 10.6. The van der Waals surface area contributed by atoms with Gasteiger partial charge in [-0.3, -0.25) is 4.79 Å². The van der Waals surface area contributed by atoms with Crippen LogP contribution < -0.4 is 0 Å². The highest BCUT2D eigenvalue weighted by atomic mass is 79.9. The molecule has 0 bridgehead atoms. The van der Waals surface area contributed by atoms with E-state index in [2.05, 4.69) is 20.9 Å². The summed E-state index contributed by atoms with van der Waals surface area (Å²) < 4.78 is 14.2. The molecule has 0 saturated carbocycles. The third-order valence-electron chi connectivity index (χ3n) is 2.68. The van der Waals surface area contributed by atoms with Gasteiger partial charge in [-0.1, -0.05) is 11.6 Å². The topological polar surface area (TPSA) is 33.2 Å². The molecule has 0 aromatic carbocycles. The van der Waals surface area contributed by atoms with Crippen molar-refractivity contribution in [2.24, 2.45) is 0 Å². The van der Waals surface area contributed by atoms with Gasteiger partial charge >= 0.3 is 0 Å². The van der Waals surface area contributed by atoms with Crippen LogP contribution in [-0.4, -0.2) is 22.3 Å². The molecule has 7 heteroatoms. The molecule has 2 aromatic heterocycles. The molecule has 2 rings (SSSR count). The van der Waals surface area contributed by atoms with Crippen molar-refractivity contribution in [3.63, 3.8) is 0 Å². The summed E-state index contributed by atoms with van der Waals surface area (Å²) in [5, 5.41) is 0.0159. The second-order valence-corrected chi connectivity index (χ2v) is 6.92. The molecule has 1 amide bonds. The molecular weight excluding hydrogens is 367 g/mol. The molecule has 0 aliphatic carbocycles. The number of thiophene rings is 1. The summed E-state index contributed by atoms with van der Waals surface area (Å²) in [4.78, 5) is 18.7. The van der Waals surface area contributed by atoms with Gasteiger partial charge in [0.2, 0.25) is 0 Å². The second-order valence-electron chi connectivity index (χ2n) is 4.02. The highest BCUT2D eigenvalue weighted by Crippen LogP contribution is 2.24. The summed E-state index contributed by atoms with van der Waals surface area (Å²) in [6.45, 7) is 2.82. The Kier molecular flexibility index (Phi) is 5.12. The molecule has 20 heavy (non-hydrogen) atoms. The van der Waals surface area contributed by atoms with Crippen LogP contribution in [0.3, 0.4) is 0 Å². The van der Waals surface area contributed by atoms with E-state index >= 15 is 0 Å². The maximum Gasteiger partial charge on any atom is 0.257 e. The Morgan fingerprint density at radius 2 is 2.30 bits per heavy atom. The molecule has 0 saturated heterocycles. The van der Waals surface area contributed by atoms with Crippen molar-refractivity contribution in [3.8, 4) is 0 Å². The van der Waals surface area contributed by atoms with E-state index < -0.39 is 5.82 Å². The molecule has 0 radical (unpaired) electrons. The van der Waals surface area contributed by atoms with Crippen molar-refractivity contribution in [1.29, 1.82) is 0 Å². The first kappa shape index (κ1) is 15.4. The first-order chi connectivity index (χ1) is 9.51. The average molecular weight is 378 g/mol. The summed E-state index contributed by atoms with van der Waals surface area (Å²) >= 11 is 10.8. The first-order valence-electron chi connectivity index (χ1n) is 5.85. The fraction of sp³-hybridized carbons (Fsp3) is 0.231. The highest BCUT2D eigenvalue weighted by molar-refractivity contribution is 9.11. The van der Waals surface area contributed by atoms with Crippen molar-refractivity contribution in [2.45, 2.75) is 13.5 Å². The maximum atomic E-state index is 13.2. The zero-order valence-electron chi connectivity index (χ0n) is 10.6. The standard InChI is InChI=1S/C13H11BrClFN2OS/c1-2-18(7-9-3-4-11(14)20-9)13(19)10-5-8(16)6-17-12(10)15/h3-6H,2,7H2,1H3. The monoisotopic (exact) mass is 376 g/mol. The highest BCUT2D eigenvalue weighted by Gasteiger charge is 2.19. The Hall–Kier alpha value is -0.980. The third-order valence-corrected chi connectivity index (χ3v) is 4.59. The smallest absolute Gasteiger partial charge is 0.257 e. The van der Waals surface area contributed by atoms with E-state index in [4.69, 9.17) is 11.6 Å². The van der Waals surface area contributed by atoms with Crippen LogP contribution in [-0.2, 0) is 6.54 Å². The van der Waals surface area contributed by atoms with Crippen molar-refractivity contribution < 1.29 is 9.18 Å². The first-order valence-corrected chi connectivity index (χ1v) is 7.84. The van der Waals surface area contributed by atoms with E-state index in [0.717, 1.165) is 20.9 Å². The van der Waals surface area contributed by atoms with Crippen LogP contribution in [0.5, 0.6) is 0 Å². The van der Waals surface area contributed by atoms with Gasteiger partial charge in [0.25, 0.3) is 5.91 Å². The lowest BCUT2D eigenvalue weighted by Crippen LogP contribution is -2.30. The number of amides is 1. The summed E-state index contributed by atoms with van der Waals surface area (Å²) in [5.41, 5.74) is 0.0872. The van der Waals surface area contributed by atoms with Gasteiger partial charge in [0.15, 0.2) is 0 Å². The largest absolute Gasteiger partial charge is 0.334 e. The molecule has 2 heterocycles. The molecule has 0 aliphatic rings. The van der Waals surface area contributed by atoms with Crippen LogP contribution in [0.25, 0.3) is 0 Å². The molecular formula is C13H11BrClFN2OS. The van der Waals surface area contributed by atoms with E-state index in [1.165, 1.54) is 0 Å². The molecule has 2 aromatic rings. The molecule has 0 atom stereocenters. The molecule has 106 valence electrons. The fourth-order valence-corrected chi connectivity index (χ4v) is 3.38. The Morgan fingerprint density at radius 1 is 1.55 bits per heavy atom. The van der Waals surface area contributed by atoms with Crippen LogP contribution in [0.1, 0.15) is 22.2 Å². The van der Waals surface area contributed by atoms with Crippen molar-refractivity contribution in [3.05, 3.63) is 49.6 Å². The van der Waals surface area contributed by atoms with Crippen molar-refractivity contribution in [2.75, 3.05) is 6.54 Å². The number of rotatable bonds is 4. The van der Waals surface area contributed by atoms with E-state index in [9.17, 15) is 9.18 Å². The number of nitrogens with zero attached hydrogens (tertiary/aromatic N) is 2. The number of aromatic nitrogens is 1. The molecule has 0 unspecified atom stereocenters. The van der Waals surface area contributed by atoms with Crippen LogP contribution >= 0.6 is 38.9 Å². The minimum atomic E-state index is -0.576. The van der Waals surface area contributed by atoms with Crippen molar-refractivity contribution in [1.82, 2.24) is 9.88 Å². The van der Waals surface area contributed by atoms with Gasteiger partial charge in [0.05, 0.1) is 22.1 Å². The summed E-state index contributed by atoms with van der Waals surface area (Å²) in [6, 6.07) is 4.98. The Labute approximate surface area is 133 Å². The lowest BCUT2D eigenvalue weighted by molar-refractivity contribution is 0.0753. The van der Waals surface area contributed by atoms with Gasteiger partial charge in [-0.05, 0) is 41.1 Å². The van der Waals surface area contributed by atoms with Gasteiger partial charge in [0, 0.05) is 11.4 Å². The summed E-state index contributed by atoms with van der Waals surface area (Å²) in [5.74, 6) is -0.901. The predicted molar refractivity (Wildman–Crippen MR) is 81.6 cm³/mol.